The van der Waals surface area contributed by atoms with Crippen LogP contribution in [0.3, 0.4) is 0 Å². The maximum atomic E-state index is 8.90. The van der Waals surface area contributed by atoms with Crippen molar-refractivity contribution in [1.29, 1.82) is 0 Å². The van der Waals surface area contributed by atoms with E-state index in [1.807, 2.05) is 57.6 Å². The lowest BCUT2D eigenvalue weighted by molar-refractivity contribution is 0.333. The van der Waals surface area contributed by atoms with Crippen LogP contribution in [0.2, 0.25) is 0 Å². The van der Waals surface area contributed by atoms with Gasteiger partial charge in [0.25, 0.3) is 0 Å². The minimum atomic E-state index is 0.107. The minimum Gasteiger partial charge on any atom is -0.513 e. The molecule has 0 aromatic heterocycles. The Morgan fingerprint density at radius 3 is 2.38 bits per heavy atom. The first-order chi connectivity index (χ1) is 16.3. The van der Waals surface area contributed by atoms with E-state index < -0.39 is 0 Å². The van der Waals surface area contributed by atoms with Gasteiger partial charge in [0, 0.05) is 20.4 Å². The number of methoxy groups -OCH3 is 2. The summed E-state index contributed by atoms with van der Waals surface area (Å²) < 4.78 is 10.6. The van der Waals surface area contributed by atoms with Crippen molar-refractivity contribution < 1.29 is 19.7 Å². The molecule has 6 nitrogen and oxygen atoms in total. The van der Waals surface area contributed by atoms with Gasteiger partial charge in [-0.25, -0.2) is 0 Å². The first-order valence-corrected chi connectivity index (χ1v) is 11.4. The summed E-state index contributed by atoms with van der Waals surface area (Å²) in [5.74, 6) is 2.43. The maximum Gasteiger partial charge on any atom is 0.161 e. The fourth-order valence-electron chi connectivity index (χ4n) is 3.47. The van der Waals surface area contributed by atoms with E-state index in [4.69, 9.17) is 19.7 Å². The summed E-state index contributed by atoms with van der Waals surface area (Å²) >= 11 is 0. The second-order valence-electron chi connectivity index (χ2n) is 7.64. The smallest absolute Gasteiger partial charge is 0.161 e. The zero-order valence-electron chi connectivity index (χ0n) is 22.1. The zero-order valence-corrected chi connectivity index (χ0v) is 22.1. The summed E-state index contributed by atoms with van der Waals surface area (Å²) in [5, 5.41) is 19.2. The van der Waals surface area contributed by atoms with E-state index in [1.54, 1.807) is 21.1 Å². The van der Waals surface area contributed by atoms with Crippen molar-refractivity contribution in [3.63, 3.8) is 0 Å². The van der Waals surface area contributed by atoms with E-state index in [-0.39, 0.29) is 6.17 Å². The van der Waals surface area contributed by atoms with Crippen molar-refractivity contribution in [3.05, 3.63) is 78.3 Å². The minimum absolute atomic E-state index is 0.107. The van der Waals surface area contributed by atoms with Gasteiger partial charge in [0.2, 0.25) is 0 Å². The maximum absolute atomic E-state index is 8.90. The Hall–Kier alpha value is -2.96. The Morgan fingerprint density at radius 2 is 1.88 bits per heavy atom. The molecule has 1 aromatic carbocycles. The summed E-state index contributed by atoms with van der Waals surface area (Å²) in [6, 6.07) is 5.85. The fraction of sp³-hybridized carbons (Fsp3) is 0.429. The van der Waals surface area contributed by atoms with Crippen LogP contribution in [0.25, 0.3) is 5.57 Å². The third kappa shape index (κ3) is 9.89. The van der Waals surface area contributed by atoms with Crippen LogP contribution in [0.5, 0.6) is 11.5 Å². The summed E-state index contributed by atoms with van der Waals surface area (Å²) in [6.07, 6.45) is 14.4. The van der Waals surface area contributed by atoms with Crippen LogP contribution >= 0.6 is 0 Å². The van der Waals surface area contributed by atoms with Gasteiger partial charge in [0.15, 0.2) is 11.5 Å². The summed E-state index contributed by atoms with van der Waals surface area (Å²) in [6.45, 7) is 10.1. The van der Waals surface area contributed by atoms with Crippen LogP contribution in [0.15, 0.2) is 72.7 Å². The van der Waals surface area contributed by atoms with Gasteiger partial charge in [-0.1, -0.05) is 37.8 Å². The second-order valence-corrected chi connectivity index (χ2v) is 7.64. The normalized spacial score (nSPS) is 16.0. The lowest BCUT2D eigenvalue weighted by Gasteiger charge is -2.32. The molecule has 0 spiro atoms. The molecule has 1 aromatic rings. The molecular weight excluding hydrogens is 428 g/mol. The van der Waals surface area contributed by atoms with Crippen LogP contribution in [0.4, 0.5) is 0 Å². The van der Waals surface area contributed by atoms with Crippen molar-refractivity contribution in [1.82, 2.24) is 10.2 Å². The predicted molar refractivity (Wildman–Crippen MR) is 144 cm³/mol. The van der Waals surface area contributed by atoms with Crippen LogP contribution in [0.1, 0.15) is 39.2 Å². The number of nitrogens with one attached hydrogen (secondary N) is 1. The van der Waals surface area contributed by atoms with E-state index >= 15 is 0 Å². The molecule has 6 heteroatoms. The Balaban J connectivity index is 0.000000712. The number of hydrogen-bond acceptors (Lipinski definition) is 6. The molecule has 0 radical (unpaired) electrons. The van der Waals surface area contributed by atoms with Gasteiger partial charge < -0.3 is 24.6 Å². The molecule has 0 fully saturated rings. The highest BCUT2D eigenvalue weighted by Crippen LogP contribution is 2.34. The molecule has 1 aliphatic heterocycles. The Labute approximate surface area is 206 Å². The molecule has 34 heavy (non-hydrogen) atoms. The van der Waals surface area contributed by atoms with Gasteiger partial charge in [-0.15, -0.1) is 0 Å². The molecule has 1 aliphatic rings. The van der Waals surface area contributed by atoms with Crippen molar-refractivity contribution >= 4 is 5.57 Å². The predicted octanol–water partition coefficient (Wildman–Crippen LogP) is 5.70. The first-order valence-electron chi connectivity index (χ1n) is 11.4. The SMILES string of the molecule is C/C=C\C(CC)C/C=C(\C)O.C=C(C1=CC=CN(C)C1NC)c1ccc(OC)c(OC)c1.CO. The molecule has 2 rings (SSSR count). The number of aliphatic hydroxyl groups excluding tert-OH is 2. The van der Waals surface area contributed by atoms with Crippen molar-refractivity contribution in [2.24, 2.45) is 5.92 Å². The van der Waals surface area contributed by atoms with E-state index in [0.717, 1.165) is 36.7 Å². The van der Waals surface area contributed by atoms with Gasteiger partial charge in [-0.05, 0) is 80.6 Å². The summed E-state index contributed by atoms with van der Waals surface area (Å²) in [5.41, 5.74) is 3.11. The van der Waals surface area contributed by atoms with Gasteiger partial charge in [-0.3, -0.25) is 5.32 Å². The van der Waals surface area contributed by atoms with Crippen molar-refractivity contribution in [2.75, 3.05) is 35.4 Å². The number of ether oxygens (including phenoxy) is 2. The zero-order chi connectivity index (χ0) is 26.1. The van der Waals surface area contributed by atoms with E-state index in [0.29, 0.717) is 23.2 Å². The van der Waals surface area contributed by atoms with Gasteiger partial charge >= 0.3 is 0 Å². The van der Waals surface area contributed by atoms with Crippen LogP contribution in [0, 0.1) is 5.92 Å². The fourth-order valence-corrected chi connectivity index (χ4v) is 3.47. The first kappa shape index (κ1) is 31.0. The standard InChI is InChI=1S/C17H22N2O2.C10H18O.CH4O/c1-12(14-7-6-10-19(3)17(14)18-2)13-8-9-15(20-4)16(11-13)21-5;1-4-6-10(5-2)8-7-9(3)11;1-2/h6-11,17-18H,1H2,2-5H3;4,6-7,10-11H,5,8H2,1-3H3;2H,1H3/b;6-4-,9-7+;. The van der Waals surface area contributed by atoms with Crippen molar-refractivity contribution in [2.45, 2.75) is 39.8 Å². The molecule has 0 amide bonds. The highest BCUT2D eigenvalue weighted by molar-refractivity contribution is 5.80. The topological polar surface area (TPSA) is 74.2 Å². The van der Waals surface area contributed by atoms with Crippen LogP contribution in [-0.4, -0.2) is 56.7 Å². The molecule has 190 valence electrons. The van der Waals surface area contributed by atoms with Crippen LogP contribution < -0.4 is 14.8 Å². The molecule has 0 aliphatic carbocycles. The number of hydrogen-bond donors (Lipinski definition) is 3. The molecule has 0 bridgehead atoms. The number of aliphatic hydroxyl groups is 2. The monoisotopic (exact) mass is 472 g/mol. The number of allylic oxidation sites excluding steroid dienone is 6. The Kier molecular flexibility index (Phi) is 16.0. The van der Waals surface area contributed by atoms with E-state index in [1.165, 1.54) is 0 Å². The number of benzene rings is 1. The third-order valence-corrected chi connectivity index (χ3v) is 5.36. The Bertz CT molecular complexity index is 852. The van der Waals surface area contributed by atoms with E-state index in [9.17, 15) is 0 Å². The van der Waals surface area contributed by atoms with Gasteiger partial charge in [0.1, 0.15) is 6.17 Å². The largest absolute Gasteiger partial charge is 0.513 e. The second kappa shape index (κ2) is 17.5. The highest BCUT2D eigenvalue weighted by atomic mass is 16.5. The van der Waals surface area contributed by atoms with Crippen molar-refractivity contribution in [3.8, 4) is 11.5 Å². The number of rotatable bonds is 9. The van der Waals surface area contributed by atoms with E-state index in [2.05, 4.69) is 41.9 Å². The molecule has 0 saturated carbocycles. The summed E-state index contributed by atoms with van der Waals surface area (Å²) in [4.78, 5) is 2.11. The highest BCUT2D eigenvalue weighted by Gasteiger charge is 2.21. The molecule has 2 unspecified atom stereocenters. The molecular formula is C28H44N2O4. The summed E-state index contributed by atoms with van der Waals surface area (Å²) in [7, 11) is 8.24. The third-order valence-electron chi connectivity index (χ3n) is 5.36. The quantitative estimate of drug-likeness (QED) is 0.316. The van der Waals surface area contributed by atoms with Gasteiger partial charge in [-0.2, -0.15) is 0 Å². The molecule has 2 atom stereocenters. The average molecular weight is 473 g/mol. The molecule has 1 heterocycles. The number of nitrogens with zero attached hydrogens (tertiary/aromatic N) is 1. The average Bonchev–Trinajstić information content (AvgIpc) is 2.86. The number of likely N-dealkylation sites (N-methyl/N-ethyl adjacent to an activating group) is 2. The lowest BCUT2D eigenvalue weighted by Crippen LogP contribution is -2.41. The van der Waals surface area contributed by atoms with Gasteiger partial charge in [0.05, 0.1) is 20.0 Å². The molecule has 0 saturated heterocycles. The Morgan fingerprint density at radius 1 is 1.24 bits per heavy atom. The van der Waals surface area contributed by atoms with Crippen LogP contribution in [-0.2, 0) is 0 Å². The molecule has 3 N–H and O–H groups in total. The lowest BCUT2D eigenvalue weighted by atomic mass is 9.95.